The molecule has 1 heterocycles. The Balaban J connectivity index is 1.86. The Morgan fingerprint density at radius 3 is 2.91 bits per heavy atom. The highest BCUT2D eigenvalue weighted by Crippen LogP contribution is 2.31. The molecule has 1 saturated carbocycles. The van der Waals surface area contributed by atoms with Crippen LogP contribution in [0.25, 0.3) is 11.3 Å². The smallest absolute Gasteiger partial charge is 0.257 e. The first-order chi connectivity index (χ1) is 11.1. The molecule has 122 valence electrons. The van der Waals surface area contributed by atoms with Crippen LogP contribution >= 0.6 is 11.6 Å². The Hall–Kier alpha value is -1.85. The predicted octanol–water partition coefficient (Wildman–Crippen LogP) is 3.34. The van der Waals surface area contributed by atoms with E-state index in [2.05, 4.69) is 10.5 Å². The van der Waals surface area contributed by atoms with Crippen molar-refractivity contribution in [1.29, 1.82) is 0 Å². The van der Waals surface area contributed by atoms with Gasteiger partial charge in [-0.25, -0.2) is 0 Å². The number of aryl methyl sites for hydroxylation is 1. The van der Waals surface area contributed by atoms with E-state index in [4.69, 9.17) is 16.1 Å². The van der Waals surface area contributed by atoms with E-state index in [9.17, 15) is 9.90 Å². The first kappa shape index (κ1) is 16.0. The molecule has 0 bridgehead atoms. The summed E-state index contributed by atoms with van der Waals surface area (Å²) in [5.41, 5.74) is 1.51. The van der Waals surface area contributed by atoms with Crippen molar-refractivity contribution in [2.24, 2.45) is 0 Å². The lowest BCUT2D eigenvalue weighted by Crippen LogP contribution is -2.40. The Kier molecular flexibility index (Phi) is 4.68. The fourth-order valence-corrected chi connectivity index (χ4v) is 3.25. The van der Waals surface area contributed by atoms with Gasteiger partial charge in [-0.2, -0.15) is 0 Å². The fourth-order valence-electron chi connectivity index (χ4n) is 3.03. The van der Waals surface area contributed by atoms with Crippen LogP contribution in [0.15, 0.2) is 28.8 Å². The summed E-state index contributed by atoms with van der Waals surface area (Å²) in [6, 6.07) is 7.19. The number of aliphatic hydroxyl groups excluding tert-OH is 1. The van der Waals surface area contributed by atoms with Gasteiger partial charge in [0.25, 0.3) is 5.91 Å². The molecule has 2 atom stereocenters. The minimum Gasteiger partial charge on any atom is -0.393 e. The van der Waals surface area contributed by atoms with Crippen molar-refractivity contribution in [3.63, 3.8) is 0 Å². The quantitative estimate of drug-likeness (QED) is 0.902. The van der Waals surface area contributed by atoms with Gasteiger partial charge >= 0.3 is 0 Å². The van der Waals surface area contributed by atoms with Crippen LogP contribution in [0.4, 0.5) is 0 Å². The number of nitrogens with one attached hydrogen (secondary N) is 1. The maximum atomic E-state index is 12.7. The lowest BCUT2D eigenvalue weighted by atomic mass is 9.92. The summed E-state index contributed by atoms with van der Waals surface area (Å²) in [7, 11) is 0. The van der Waals surface area contributed by atoms with Gasteiger partial charge in [0.2, 0.25) is 0 Å². The number of benzene rings is 1. The highest BCUT2D eigenvalue weighted by atomic mass is 35.5. The number of nitrogens with zero attached hydrogens (tertiary/aromatic N) is 1. The molecule has 1 aliphatic rings. The second-order valence-corrected chi connectivity index (χ2v) is 6.34. The first-order valence-electron chi connectivity index (χ1n) is 7.76. The van der Waals surface area contributed by atoms with Crippen LogP contribution in [0, 0.1) is 6.92 Å². The summed E-state index contributed by atoms with van der Waals surface area (Å²) >= 11 is 6.21. The number of rotatable bonds is 3. The van der Waals surface area contributed by atoms with Crippen LogP contribution in [-0.4, -0.2) is 28.3 Å². The lowest BCUT2D eigenvalue weighted by molar-refractivity contribution is 0.0849. The van der Waals surface area contributed by atoms with Crippen LogP contribution in [-0.2, 0) is 0 Å². The molecular formula is C17H19ClN2O3. The number of carbonyl (C=O) groups excluding carboxylic acids is 1. The van der Waals surface area contributed by atoms with E-state index in [0.717, 1.165) is 19.3 Å². The van der Waals surface area contributed by atoms with E-state index in [1.54, 1.807) is 19.1 Å². The number of halogens is 1. The van der Waals surface area contributed by atoms with Crippen LogP contribution in [0.3, 0.4) is 0 Å². The number of carbonyl (C=O) groups is 1. The standard InChI is InChI=1S/C17H19ClN2O3/c1-10-15(17(22)19-11-5-4-6-12(21)9-11)16(20-23-10)13-7-2-3-8-14(13)18/h2-3,7-8,11-12,21H,4-6,9H2,1H3,(H,19,22). The van der Waals surface area contributed by atoms with E-state index in [1.807, 2.05) is 12.1 Å². The van der Waals surface area contributed by atoms with E-state index in [0.29, 0.717) is 34.0 Å². The third kappa shape index (κ3) is 3.41. The topological polar surface area (TPSA) is 75.4 Å². The second-order valence-electron chi connectivity index (χ2n) is 5.93. The van der Waals surface area contributed by atoms with Crippen molar-refractivity contribution in [3.8, 4) is 11.3 Å². The van der Waals surface area contributed by atoms with Gasteiger partial charge < -0.3 is 14.9 Å². The van der Waals surface area contributed by atoms with E-state index in [1.165, 1.54) is 0 Å². The summed E-state index contributed by atoms with van der Waals surface area (Å²) in [6.07, 6.45) is 2.81. The molecule has 5 nitrogen and oxygen atoms in total. The second kappa shape index (κ2) is 6.72. The molecule has 23 heavy (non-hydrogen) atoms. The van der Waals surface area contributed by atoms with Crippen LogP contribution in [0.2, 0.25) is 5.02 Å². The lowest BCUT2D eigenvalue weighted by Gasteiger charge is -2.26. The van der Waals surface area contributed by atoms with Gasteiger partial charge in [0.05, 0.1) is 11.1 Å². The maximum absolute atomic E-state index is 12.7. The Morgan fingerprint density at radius 1 is 1.39 bits per heavy atom. The van der Waals surface area contributed by atoms with Crippen molar-refractivity contribution < 1.29 is 14.4 Å². The molecule has 0 saturated heterocycles. The van der Waals surface area contributed by atoms with Crippen molar-refractivity contribution in [3.05, 3.63) is 40.6 Å². The molecule has 2 aromatic rings. The molecule has 0 radical (unpaired) electrons. The van der Waals surface area contributed by atoms with Crippen molar-refractivity contribution in [2.45, 2.75) is 44.8 Å². The minimum atomic E-state index is -0.347. The van der Waals surface area contributed by atoms with Crippen LogP contribution in [0.5, 0.6) is 0 Å². The molecular weight excluding hydrogens is 316 g/mol. The van der Waals surface area contributed by atoms with Crippen molar-refractivity contribution in [2.75, 3.05) is 0 Å². The van der Waals surface area contributed by atoms with Gasteiger partial charge in [0, 0.05) is 11.6 Å². The van der Waals surface area contributed by atoms with Crippen LogP contribution in [0.1, 0.15) is 41.8 Å². The Labute approximate surface area is 139 Å². The molecule has 3 rings (SSSR count). The Bertz CT molecular complexity index is 714. The molecule has 1 fully saturated rings. The van der Waals surface area contributed by atoms with Gasteiger partial charge in [-0.3, -0.25) is 4.79 Å². The first-order valence-corrected chi connectivity index (χ1v) is 8.14. The van der Waals surface area contributed by atoms with Crippen molar-refractivity contribution in [1.82, 2.24) is 10.5 Å². The van der Waals surface area contributed by atoms with E-state index >= 15 is 0 Å². The summed E-state index contributed by atoms with van der Waals surface area (Å²) in [5, 5.41) is 17.2. The summed E-state index contributed by atoms with van der Waals surface area (Å²) < 4.78 is 5.22. The molecule has 1 aliphatic carbocycles. The van der Waals surface area contributed by atoms with E-state index in [-0.39, 0.29) is 18.1 Å². The largest absolute Gasteiger partial charge is 0.393 e. The molecule has 1 aromatic carbocycles. The van der Waals surface area contributed by atoms with Gasteiger partial charge in [0.15, 0.2) is 0 Å². The SMILES string of the molecule is Cc1onc(-c2ccccc2Cl)c1C(=O)NC1CCCC(O)C1. The highest BCUT2D eigenvalue weighted by Gasteiger charge is 2.27. The van der Waals surface area contributed by atoms with Gasteiger partial charge in [0.1, 0.15) is 17.0 Å². The molecule has 0 spiro atoms. The number of amides is 1. The van der Waals surface area contributed by atoms with Gasteiger partial charge in [-0.1, -0.05) is 35.0 Å². The zero-order valence-electron chi connectivity index (χ0n) is 12.9. The van der Waals surface area contributed by atoms with Gasteiger partial charge in [-0.15, -0.1) is 0 Å². The van der Waals surface area contributed by atoms with Crippen LogP contribution < -0.4 is 5.32 Å². The normalized spacial score (nSPS) is 21.2. The molecule has 2 unspecified atom stereocenters. The average Bonchev–Trinajstić information content (AvgIpc) is 2.89. The zero-order chi connectivity index (χ0) is 16.4. The number of aromatic nitrogens is 1. The molecule has 1 amide bonds. The fraction of sp³-hybridized carbons (Fsp3) is 0.412. The molecule has 2 N–H and O–H groups in total. The number of hydrogen-bond donors (Lipinski definition) is 2. The minimum absolute atomic E-state index is 0.0281. The summed E-state index contributed by atoms with van der Waals surface area (Å²) in [4.78, 5) is 12.7. The zero-order valence-corrected chi connectivity index (χ0v) is 13.6. The molecule has 6 heteroatoms. The van der Waals surface area contributed by atoms with Gasteiger partial charge in [-0.05, 0) is 38.7 Å². The summed E-state index contributed by atoms with van der Waals surface area (Å²) in [6.45, 7) is 1.71. The predicted molar refractivity (Wildman–Crippen MR) is 87.4 cm³/mol. The third-order valence-electron chi connectivity index (χ3n) is 4.20. The highest BCUT2D eigenvalue weighted by molar-refractivity contribution is 6.33. The number of hydrogen-bond acceptors (Lipinski definition) is 4. The third-order valence-corrected chi connectivity index (χ3v) is 4.53. The monoisotopic (exact) mass is 334 g/mol. The Morgan fingerprint density at radius 2 is 2.17 bits per heavy atom. The van der Waals surface area contributed by atoms with Crippen molar-refractivity contribution >= 4 is 17.5 Å². The molecule has 0 aliphatic heterocycles. The molecule has 1 aromatic heterocycles. The number of aliphatic hydroxyl groups is 1. The van der Waals surface area contributed by atoms with E-state index < -0.39 is 0 Å². The maximum Gasteiger partial charge on any atom is 0.257 e. The summed E-state index contributed by atoms with van der Waals surface area (Å²) in [5.74, 6) is 0.214. The average molecular weight is 335 g/mol.